The largest absolute Gasteiger partial charge is 0.469 e. The first-order chi connectivity index (χ1) is 13.6. The van der Waals surface area contributed by atoms with Crippen LogP contribution in [0.3, 0.4) is 0 Å². The number of aromatic amines is 1. The average molecular weight is 388 g/mol. The van der Waals surface area contributed by atoms with Gasteiger partial charge in [-0.1, -0.05) is 18.6 Å². The molecule has 28 heavy (non-hydrogen) atoms. The number of hydrogen-bond acceptors (Lipinski definition) is 4. The molecule has 150 valence electrons. The lowest BCUT2D eigenvalue weighted by atomic mass is 9.96. The molecule has 0 spiro atoms. The van der Waals surface area contributed by atoms with Crippen molar-refractivity contribution in [3.8, 4) is 0 Å². The van der Waals surface area contributed by atoms with Crippen molar-refractivity contribution in [2.45, 2.75) is 38.1 Å². The number of rotatable bonds is 7. The molecule has 2 heterocycles. The molecule has 1 aromatic carbocycles. The number of H-pyrrole nitrogens is 1. The van der Waals surface area contributed by atoms with Crippen LogP contribution in [-0.4, -0.2) is 47.1 Å². The van der Waals surface area contributed by atoms with E-state index in [1.54, 1.807) is 17.3 Å². The fourth-order valence-electron chi connectivity index (χ4n) is 3.48. The third-order valence-corrected chi connectivity index (χ3v) is 4.91. The van der Waals surface area contributed by atoms with Crippen molar-refractivity contribution in [3.05, 3.63) is 53.4 Å². The highest BCUT2D eigenvalue weighted by atomic mass is 19.1. The number of nitrogens with one attached hydrogen (secondary N) is 2. The molecule has 1 atom stereocenters. The van der Waals surface area contributed by atoms with Gasteiger partial charge in [-0.25, -0.2) is 14.2 Å². The van der Waals surface area contributed by atoms with Crippen LogP contribution in [0.2, 0.25) is 0 Å². The minimum absolute atomic E-state index is 0.198. The molecule has 0 unspecified atom stereocenters. The molecule has 0 saturated carbocycles. The van der Waals surface area contributed by atoms with Crippen LogP contribution in [0.1, 0.15) is 48.7 Å². The molecule has 1 aliphatic heterocycles. The Morgan fingerprint density at radius 2 is 2.21 bits per heavy atom. The maximum Gasteiger partial charge on any atom is 0.318 e. The van der Waals surface area contributed by atoms with Crippen LogP contribution < -0.4 is 5.32 Å². The highest BCUT2D eigenvalue weighted by molar-refractivity contribution is 5.75. The predicted octanol–water partition coefficient (Wildman–Crippen LogP) is 2.94. The van der Waals surface area contributed by atoms with Gasteiger partial charge in [0.2, 0.25) is 0 Å². The summed E-state index contributed by atoms with van der Waals surface area (Å²) >= 11 is 0. The Morgan fingerprint density at radius 1 is 1.36 bits per heavy atom. The molecule has 0 saturated heterocycles. The van der Waals surface area contributed by atoms with Gasteiger partial charge in [0, 0.05) is 31.6 Å². The van der Waals surface area contributed by atoms with E-state index in [0.29, 0.717) is 31.5 Å². The molecule has 0 bridgehead atoms. The summed E-state index contributed by atoms with van der Waals surface area (Å²) in [4.78, 5) is 33.1. The zero-order valence-corrected chi connectivity index (χ0v) is 15.9. The van der Waals surface area contributed by atoms with E-state index in [9.17, 15) is 14.0 Å². The second-order valence-electron chi connectivity index (χ2n) is 6.79. The Bertz CT molecular complexity index is 823. The summed E-state index contributed by atoms with van der Waals surface area (Å²) in [5, 5.41) is 2.93. The highest BCUT2D eigenvalue weighted by Gasteiger charge is 2.34. The van der Waals surface area contributed by atoms with Gasteiger partial charge in [0.1, 0.15) is 11.9 Å². The van der Waals surface area contributed by atoms with Gasteiger partial charge in [0.25, 0.3) is 0 Å². The van der Waals surface area contributed by atoms with Gasteiger partial charge in [0.05, 0.1) is 19.1 Å². The number of hydrogen-bond donors (Lipinski definition) is 2. The smallest absolute Gasteiger partial charge is 0.318 e. The summed E-state index contributed by atoms with van der Waals surface area (Å²) in [7, 11) is 1.38. The molecule has 2 aromatic rings. The maximum atomic E-state index is 13.8. The molecule has 3 rings (SSSR count). The van der Waals surface area contributed by atoms with Gasteiger partial charge in [-0.05, 0) is 30.5 Å². The SMILES string of the molecule is COC(=O)CCCCCNC(=O)N1CCc2[nH]cnc2[C@H]1c1cccc(F)c1. The summed E-state index contributed by atoms with van der Waals surface area (Å²) in [6, 6.07) is 5.66. The van der Waals surface area contributed by atoms with Crippen molar-refractivity contribution in [1.82, 2.24) is 20.2 Å². The van der Waals surface area contributed by atoms with E-state index in [0.717, 1.165) is 30.7 Å². The first-order valence-corrected chi connectivity index (χ1v) is 9.49. The lowest BCUT2D eigenvalue weighted by Gasteiger charge is -2.35. The van der Waals surface area contributed by atoms with E-state index in [4.69, 9.17) is 0 Å². The monoisotopic (exact) mass is 388 g/mol. The number of aromatic nitrogens is 2. The molecular formula is C20H25FN4O3. The molecule has 7 nitrogen and oxygen atoms in total. The zero-order chi connectivity index (χ0) is 19.9. The molecule has 2 amide bonds. The Balaban J connectivity index is 1.61. The van der Waals surface area contributed by atoms with Gasteiger partial charge in [-0.2, -0.15) is 0 Å². The molecular weight excluding hydrogens is 363 g/mol. The Morgan fingerprint density at radius 3 is 3.00 bits per heavy atom. The van der Waals surface area contributed by atoms with Gasteiger partial charge >= 0.3 is 12.0 Å². The molecule has 2 N–H and O–H groups in total. The van der Waals surface area contributed by atoms with E-state index in [1.807, 2.05) is 6.07 Å². The number of benzene rings is 1. The van der Waals surface area contributed by atoms with Crippen LogP contribution in [0.15, 0.2) is 30.6 Å². The number of amides is 2. The number of carbonyl (C=O) groups is 2. The van der Waals surface area contributed by atoms with Crippen LogP contribution in [0.4, 0.5) is 9.18 Å². The molecule has 0 fully saturated rings. The average Bonchev–Trinajstić information content (AvgIpc) is 3.18. The van der Waals surface area contributed by atoms with Crippen LogP contribution >= 0.6 is 0 Å². The minimum Gasteiger partial charge on any atom is -0.469 e. The quantitative estimate of drug-likeness (QED) is 0.564. The fourth-order valence-corrected chi connectivity index (χ4v) is 3.48. The number of methoxy groups -OCH3 is 1. The standard InChI is InChI=1S/C20H25FN4O3/c1-28-17(26)8-3-2-4-10-22-20(27)25-11-9-16-18(24-13-23-16)19(25)14-6-5-7-15(21)12-14/h5-7,12-13,19H,2-4,8-11H2,1H3,(H,22,27)(H,23,24)/t19-/m1/s1. The lowest BCUT2D eigenvalue weighted by Crippen LogP contribution is -2.46. The van der Waals surface area contributed by atoms with Gasteiger partial charge in [-0.15, -0.1) is 0 Å². The molecule has 1 aliphatic rings. The number of unbranched alkanes of at least 4 members (excludes halogenated alkanes) is 2. The molecule has 0 aliphatic carbocycles. The van der Waals surface area contributed by atoms with Crippen LogP contribution in [0.5, 0.6) is 0 Å². The van der Waals surface area contributed by atoms with E-state index in [-0.39, 0.29) is 17.8 Å². The number of urea groups is 1. The fraction of sp³-hybridized carbons (Fsp3) is 0.450. The first kappa shape index (κ1) is 19.9. The molecule has 8 heteroatoms. The van der Waals surface area contributed by atoms with Crippen molar-refractivity contribution in [2.24, 2.45) is 0 Å². The Kier molecular flexibility index (Phi) is 6.62. The highest BCUT2D eigenvalue weighted by Crippen LogP contribution is 2.33. The number of nitrogens with zero attached hydrogens (tertiary/aromatic N) is 2. The van der Waals surface area contributed by atoms with Gasteiger partial charge < -0.3 is 19.9 Å². The van der Waals surface area contributed by atoms with Crippen LogP contribution in [0, 0.1) is 5.82 Å². The lowest BCUT2D eigenvalue weighted by molar-refractivity contribution is -0.140. The predicted molar refractivity (Wildman–Crippen MR) is 101 cm³/mol. The number of halogens is 1. The second kappa shape index (κ2) is 9.34. The summed E-state index contributed by atoms with van der Waals surface area (Å²) < 4.78 is 18.4. The van der Waals surface area contributed by atoms with Crippen molar-refractivity contribution in [3.63, 3.8) is 0 Å². The topological polar surface area (TPSA) is 87.3 Å². The van der Waals surface area contributed by atoms with Gasteiger partial charge in [-0.3, -0.25) is 4.79 Å². The number of carbonyl (C=O) groups excluding carboxylic acids is 2. The van der Waals surface area contributed by atoms with Crippen LogP contribution in [-0.2, 0) is 16.0 Å². The normalized spacial score (nSPS) is 15.8. The van der Waals surface area contributed by atoms with Crippen molar-refractivity contribution in [2.75, 3.05) is 20.2 Å². The third kappa shape index (κ3) is 4.68. The Hall–Kier alpha value is -2.90. The third-order valence-electron chi connectivity index (χ3n) is 4.91. The summed E-state index contributed by atoms with van der Waals surface area (Å²) in [6.07, 6.45) is 5.00. The first-order valence-electron chi connectivity index (χ1n) is 9.49. The van der Waals surface area contributed by atoms with E-state index in [1.165, 1.54) is 19.2 Å². The minimum atomic E-state index is -0.426. The number of fused-ring (bicyclic) bond motifs is 1. The van der Waals surface area contributed by atoms with E-state index in [2.05, 4.69) is 20.0 Å². The zero-order valence-electron chi connectivity index (χ0n) is 15.9. The summed E-state index contributed by atoms with van der Waals surface area (Å²) in [6.45, 7) is 1.03. The summed E-state index contributed by atoms with van der Waals surface area (Å²) in [5.74, 6) is -0.559. The number of ether oxygens (including phenoxy) is 1. The van der Waals surface area contributed by atoms with Gasteiger partial charge in [0.15, 0.2) is 0 Å². The van der Waals surface area contributed by atoms with Crippen molar-refractivity contribution >= 4 is 12.0 Å². The molecule has 1 aromatic heterocycles. The molecule has 0 radical (unpaired) electrons. The van der Waals surface area contributed by atoms with Crippen molar-refractivity contribution < 1.29 is 18.7 Å². The second-order valence-corrected chi connectivity index (χ2v) is 6.79. The number of imidazole rings is 1. The number of esters is 1. The van der Waals surface area contributed by atoms with E-state index >= 15 is 0 Å². The maximum absolute atomic E-state index is 13.8. The van der Waals surface area contributed by atoms with Crippen LogP contribution in [0.25, 0.3) is 0 Å². The van der Waals surface area contributed by atoms with E-state index < -0.39 is 6.04 Å². The van der Waals surface area contributed by atoms with Crippen molar-refractivity contribution in [1.29, 1.82) is 0 Å². The Labute approximate surface area is 163 Å². The summed E-state index contributed by atoms with van der Waals surface area (Å²) in [5.41, 5.74) is 2.42.